The fourth-order valence-electron chi connectivity index (χ4n) is 3.80. The lowest BCUT2D eigenvalue weighted by Gasteiger charge is -2.32. The van der Waals surface area contributed by atoms with Gasteiger partial charge >= 0.3 is 0 Å². The monoisotopic (exact) mass is 617 g/mol. The Labute approximate surface area is 238 Å². The third-order valence-electron chi connectivity index (χ3n) is 6.12. The number of carbonyl (C=O) groups excluding carboxylic acids is 2. The summed E-state index contributed by atoms with van der Waals surface area (Å²) in [6, 6.07) is 17.7. The summed E-state index contributed by atoms with van der Waals surface area (Å²) >= 11 is 3.36. The van der Waals surface area contributed by atoms with Crippen molar-refractivity contribution < 1.29 is 22.4 Å². The van der Waals surface area contributed by atoms with Gasteiger partial charge in [-0.15, -0.1) is 0 Å². The fourth-order valence-corrected chi connectivity index (χ4v) is 5.47. The summed E-state index contributed by atoms with van der Waals surface area (Å²) in [6.07, 6.45) is 0. The van der Waals surface area contributed by atoms with E-state index in [0.29, 0.717) is 17.8 Å². The van der Waals surface area contributed by atoms with Gasteiger partial charge in [0.25, 0.3) is 10.0 Å². The molecule has 0 bridgehead atoms. The van der Waals surface area contributed by atoms with Gasteiger partial charge in [0.05, 0.1) is 10.6 Å². The van der Waals surface area contributed by atoms with Gasteiger partial charge in [-0.2, -0.15) is 0 Å². The van der Waals surface area contributed by atoms with E-state index < -0.39 is 34.3 Å². The average Bonchev–Trinajstić information content (AvgIpc) is 2.90. The lowest BCUT2D eigenvalue weighted by atomic mass is 10.1. The number of amides is 2. The van der Waals surface area contributed by atoms with Crippen molar-refractivity contribution in [2.75, 3.05) is 17.4 Å². The first-order chi connectivity index (χ1) is 18.4. The lowest BCUT2D eigenvalue weighted by molar-refractivity contribution is -0.139. The molecule has 7 nitrogen and oxygen atoms in total. The molecule has 3 aromatic rings. The molecule has 0 fully saturated rings. The third-order valence-corrected chi connectivity index (χ3v) is 8.44. The number of nitrogens with zero attached hydrogens (tertiary/aromatic N) is 2. The second-order valence-corrected chi connectivity index (χ2v) is 12.5. The van der Waals surface area contributed by atoms with Gasteiger partial charge in [0.1, 0.15) is 18.4 Å². The normalized spacial score (nSPS) is 12.2. The SMILES string of the molecule is Cc1ccc(S(=O)(=O)N(CC(=O)N(Cc2ccc(F)cc2)[C@@H](C)C(=O)NCC(C)C)c2ccc(Br)cc2)cc1. The second kappa shape index (κ2) is 13.2. The van der Waals surface area contributed by atoms with Crippen molar-refractivity contribution in [3.05, 3.63) is 94.2 Å². The molecule has 3 rings (SSSR count). The maximum Gasteiger partial charge on any atom is 0.264 e. The molecule has 0 radical (unpaired) electrons. The van der Waals surface area contributed by atoms with Crippen molar-refractivity contribution >= 4 is 43.5 Å². The van der Waals surface area contributed by atoms with Crippen LogP contribution in [0.4, 0.5) is 10.1 Å². The summed E-state index contributed by atoms with van der Waals surface area (Å²) in [6.45, 7) is 7.24. The standard InChI is InChI=1S/C29H33BrFN3O4S/c1-20(2)17-32-29(36)22(4)33(18-23-7-11-25(31)12-8-23)28(35)19-34(26-13-9-24(30)10-14-26)39(37,38)27-15-5-21(3)6-16-27/h5-16,20,22H,17-19H2,1-4H3,(H,32,36)/t22-/m0/s1. The van der Waals surface area contributed by atoms with Gasteiger partial charge in [0, 0.05) is 17.6 Å². The highest BCUT2D eigenvalue weighted by Gasteiger charge is 2.32. The van der Waals surface area contributed by atoms with E-state index in [9.17, 15) is 22.4 Å². The third kappa shape index (κ3) is 8.12. The van der Waals surface area contributed by atoms with Crippen LogP contribution in [0, 0.1) is 18.7 Å². The molecule has 0 aliphatic rings. The predicted octanol–water partition coefficient (Wildman–Crippen LogP) is 5.28. The average molecular weight is 619 g/mol. The van der Waals surface area contributed by atoms with E-state index in [0.717, 1.165) is 14.3 Å². The number of aryl methyl sites for hydroxylation is 1. The lowest BCUT2D eigenvalue weighted by Crippen LogP contribution is -2.51. The first-order valence-electron chi connectivity index (χ1n) is 12.5. The van der Waals surface area contributed by atoms with E-state index in [1.54, 1.807) is 43.3 Å². The van der Waals surface area contributed by atoms with E-state index in [1.165, 1.54) is 41.3 Å². The van der Waals surface area contributed by atoms with Crippen LogP contribution >= 0.6 is 15.9 Å². The van der Waals surface area contributed by atoms with Crippen molar-refractivity contribution in [3.63, 3.8) is 0 Å². The van der Waals surface area contributed by atoms with Gasteiger partial charge in [-0.1, -0.05) is 59.6 Å². The van der Waals surface area contributed by atoms with E-state index in [-0.39, 0.29) is 23.3 Å². The van der Waals surface area contributed by atoms with Gasteiger partial charge < -0.3 is 10.2 Å². The van der Waals surface area contributed by atoms with Crippen molar-refractivity contribution in [1.82, 2.24) is 10.2 Å². The largest absolute Gasteiger partial charge is 0.354 e. The molecule has 10 heteroatoms. The zero-order valence-electron chi connectivity index (χ0n) is 22.4. The zero-order valence-corrected chi connectivity index (χ0v) is 24.8. The summed E-state index contributed by atoms with van der Waals surface area (Å²) in [5.41, 5.74) is 1.79. The zero-order chi connectivity index (χ0) is 28.7. The Hall–Kier alpha value is -3.24. The number of anilines is 1. The number of carbonyl (C=O) groups is 2. The number of sulfonamides is 1. The second-order valence-electron chi connectivity index (χ2n) is 9.76. The molecule has 3 aromatic carbocycles. The number of nitrogens with one attached hydrogen (secondary N) is 1. The Morgan fingerprint density at radius 3 is 2.08 bits per heavy atom. The van der Waals surface area contributed by atoms with E-state index in [4.69, 9.17) is 0 Å². The molecular formula is C29H33BrFN3O4S. The van der Waals surface area contributed by atoms with Gasteiger partial charge in [-0.25, -0.2) is 12.8 Å². The van der Waals surface area contributed by atoms with Crippen LogP contribution in [-0.2, 0) is 26.2 Å². The number of rotatable bonds is 11. The molecule has 2 amide bonds. The molecule has 0 aromatic heterocycles. The van der Waals surface area contributed by atoms with Crippen molar-refractivity contribution in [3.8, 4) is 0 Å². The Bertz CT molecular complexity index is 1380. The van der Waals surface area contributed by atoms with Gasteiger partial charge in [-0.3, -0.25) is 13.9 Å². The Morgan fingerprint density at radius 2 is 1.51 bits per heavy atom. The van der Waals surface area contributed by atoms with Crippen LogP contribution in [0.1, 0.15) is 31.9 Å². The predicted molar refractivity (Wildman–Crippen MR) is 154 cm³/mol. The Kier molecular flexibility index (Phi) is 10.3. The van der Waals surface area contributed by atoms with Crippen LogP contribution in [-0.4, -0.2) is 44.3 Å². The highest BCUT2D eigenvalue weighted by molar-refractivity contribution is 9.10. The minimum Gasteiger partial charge on any atom is -0.354 e. The minimum atomic E-state index is -4.14. The summed E-state index contributed by atoms with van der Waals surface area (Å²) < 4.78 is 42.9. The minimum absolute atomic E-state index is 0.00582. The Balaban J connectivity index is 2.00. The van der Waals surface area contributed by atoms with E-state index in [2.05, 4.69) is 21.2 Å². The smallest absolute Gasteiger partial charge is 0.264 e. The number of hydrogen-bond donors (Lipinski definition) is 1. The summed E-state index contributed by atoms with van der Waals surface area (Å²) in [4.78, 5) is 28.2. The molecule has 0 aliphatic heterocycles. The molecule has 208 valence electrons. The molecule has 1 N–H and O–H groups in total. The van der Waals surface area contributed by atoms with Crippen LogP contribution in [0.15, 0.2) is 82.2 Å². The molecule has 1 atom stereocenters. The van der Waals surface area contributed by atoms with Crippen molar-refractivity contribution in [1.29, 1.82) is 0 Å². The number of hydrogen-bond acceptors (Lipinski definition) is 4. The van der Waals surface area contributed by atoms with Crippen LogP contribution < -0.4 is 9.62 Å². The fraction of sp³-hybridized carbons (Fsp3) is 0.310. The van der Waals surface area contributed by atoms with Gasteiger partial charge in [-0.05, 0) is 73.9 Å². The highest BCUT2D eigenvalue weighted by atomic mass is 79.9. The summed E-state index contributed by atoms with van der Waals surface area (Å²) in [5, 5.41) is 2.83. The van der Waals surface area contributed by atoms with Gasteiger partial charge in [0.2, 0.25) is 11.8 Å². The Morgan fingerprint density at radius 1 is 0.923 bits per heavy atom. The van der Waals surface area contributed by atoms with Crippen LogP contribution in [0.5, 0.6) is 0 Å². The van der Waals surface area contributed by atoms with Crippen LogP contribution in [0.25, 0.3) is 0 Å². The maximum absolute atomic E-state index is 13.8. The summed E-state index contributed by atoms with van der Waals surface area (Å²) in [7, 11) is -4.14. The van der Waals surface area contributed by atoms with E-state index in [1.807, 2.05) is 20.8 Å². The van der Waals surface area contributed by atoms with Crippen molar-refractivity contribution in [2.24, 2.45) is 5.92 Å². The van der Waals surface area contributed by atoms with E-state index >= 15 is 0 Å². The topological polar surface area (TPSA) is 86.8 Å². The molecular weight excluding hydrogens is 585 g/mol. The molecule has 0 saturated heterocycles. The van der Waals surface area contributed by atoms with Crippen LogP contribution in [0.2, 0.25) is 0 Å². The first-order valence-corrected chi connectivity index (χ1v) is 14.8. The quantitative estimate of drug-likeness (QED) is 0.317. The summed E-state index contributed by atoms with van der Waals surface area (Å²) in [5.74, 6) is -1.17. The number of halogens is 2. The maximum atomic E-state index is 13.8. The van der Waals surface area contributed by atoms with Crippen LogP contribution in [0.3, 0.4) is 0 Å². The molecule has 0 heterocycles. The van der Waals surface area contributed by atoms with Crippen molar-refractivity contribution in [2.45, 2.75) is 45.2 Å². The molecule has 0 aliphatic carbocycles. The molecule has 0 spiro atoms. The molecule has 0 saturated carbocycles. The first kappa shape index (κ1) is 30.3. The van der Waals surface area contributed by atoms with Gasteiger partial charge in [0.15, 0.2) is 0 Å². The molecule has 0 unspecified atom stereocenters. The molecule has 39 heavy (non-hydrogen) atoms. The highest BCUT2D eigenvalue weighted by Crippen LogP contribution is 2.26. The number of benzene rings is 3.